The van der Waals surface area contributed by atoms with Crippen LogP contribution in [0.15, 0.2) is 29.3 Å². The van der Waals surface area contributed by atoms with Crippen molar-refractivity contribution in [2.75, 3.05) is 6.54 Å². The third-order valence-corrected chi connectivity index (χ3v) is 4.59. The second-order valence-electron chi connectivity index (χ2n) is 7.55. The van der Waals surface area contributed by atoms with Crippen LogP contribution in [0.4, 0.5) is 0 Å². The van der Waals surface area contributed by atoms with Crippen LogP contribution in [0.2, 0.25) is 0 Å². The van der Waals surface area contributed by atoms with Crippen molar-refractivity contribution in [3.63, 3.8) is 0 Å². The molecule has 0 fully saturated rings. The summed E-state index contributed by atoms with van der Waals surface area (Å²) in [5.74, 6) is -2.59. The van der Waals surface area contributed by atoms with E-state index in [0.717, 1.165) is 0 Å². The summed E-state index contributed by atoms with van der Waals surface area (Å²) in [5, 5.41) is 23.9. The van der Waals surface area contributed by atoms with Crippen LogP contribution in [0.1, 0.15) is 32.3 Å². The highest BCUT2D eigenvalue weighted by Crippen LogP contribution is 2.12. The van der Waals surface area contributed by atoms with E-state index >= 15 is 0 Å². The number of carboxylic acids is 1. The fraction of sp³-hybridized carbons (Fsp3) is 0.500. The summed E-state index contributed by atoms with van der Waals surface area (Å²) in [5.41, 5.74) is 17.0. The van der Waals surface area contributed by atoms with E-state index in [4.69, 9.17) is 17.2 Å². The van der Waals surface area contributed by atoms with Crippen LogP contribution in [-0.2, 0) is 20.8 Å². The van der Waals surface area contributed by atoms with Crippen LogP contribution in [-0.4, -0.2) is 58.6 Å². The molecule has 0 saturated carbocycles. The van der Waals surface area contributed by atoms with Crippen molar-refractivity contribution in [3.8, 4) is 5.75 Å². The number of nitrogens with zero attached hydrogens (tertiary/aromatic N) is 1. The number of carbonyl (C=O) groups is 3. The second kappa shape index (κ2) is 12.4. The van der Waals surface area contributed by atoms with E-state index in [1.165, 1.54) is 12.1 Å². The van der Waals surface area contributed by atoms with Crippen LogP contribution in [0.5, 0.6) is 5.75 Å². The minimum atomic E-state index is -1.23. The molecule has 0 spiro atoms. The van der Waals surface area contributed by atoms with Gasteiger partial charge in [0.05, 0.1) is 6.04 Å². The number of aliphatic carboxylic acids is 1. The van der Waals surface area contributed by atoms with Crippen molar-refractivity contribution in [2.45, 2.75) is 51.2 Å². The normalized spacial score (nSPS) is 13.7. The van der Waals surface area contributed by atoms with Crippen LogP contribution in [0.25, 0.3) is 0 Å². The van der Waals surface area contributed by atoms with Crippen molar-refractivity contribution in [1.29, 1.82) is 0 Å². The number of hydrogen-bond donors (Lipinski definition) is 7. The molecule has 3 atom stereocenters. The number of guanidine groups is 1. The highest BCUT2D eigenvalue weighted by atomic mass is 16.4. The molecule has 1 aromatic rings. The SMILES string of the molecule is CC(C)C(N)C(=O)NC(CCCN=C(N)N)C(=O)NC(Cc1ccc(O)cc1)C(=O)O. The van der Waals surface area contributed by atoms with E-state index in [-0.39, 0.29) is 37.0 Å². The molecule has 0 aliphatic rings. The first-order chi connectivity index (χ1) is 14.5. The van der Waals surface area contributed by atoms with Crippen LogP contribution in [0, 0.1) is 5.92 Å². The van der Waals surface area contributed by atoms with Crippen LogP contribution >= 0.6 is 0 Å². The molecule has 0 bridgehead atoms. The molecule has 0 aliphatic carbocycles. The van der Waals surface area contributed by atoms with Gasteiger partial charge < -0.3 is 38.0 Å². The van der Waals surface area contributed by atoms with Gasteiger partial charge in [-0.2, -0.15) is 0 Å². The maximum Gasteiger partial charge on any atom is 0.326 e. The number of carbonyl (C=O) groups excluding carboxylic acids is 2. The number of nitrogens with two attached hydrogens (primary N) is 3. The third-order valence-electron chi connectivity index (χ3n) is 4.59. The number of aliphatic imine (C=N–C) groups is 1. The Balaban J connectivity index is 2.89. The number of hydrogen-bond acceptors (Lipinski definition) is 6. The summed E-state index contributed by atoms with van der Waals surface area (Å²) in [7, 11) is 0. The maximum absolute atomic E-state index is 12.8. The summed E-state index contributed by atoms with van der Waals surface area (Å²) < 4.78 is 0. The Bertz CT molecular complexity index is 777. The molecular weight excluding hydrogens is 404 g/mol. The van der Waals surface area contributed by atoms with Crippen molar-refractivity contribution in [2.24, 2.45) is 28.1 Å². The van der Waals surface area contributed by atoms with E-state index in [1.807, 2.05) is 0 Å². The van der Waals surface area contributed by atoms with Gasteiger partial charge in [-0.05, 0) is 36.5 Å². The third kappa shape index (κ3) is 9.34. The van der Waals surface area contributed by atoms with E-state index in [0.29, 0.717) is 12.0 Å². The fourth-order valence-electron chi connectivity index (χ4n) is 2.68. The van der Waals surface area contributed by atoms with Crippen LogP contribution < -0.4 is 27.8 Å². The molecule has 10 N–H and O–H groups in total. The number of benzene rings is 1. The average molecular weight is 437 g/mol. The molecular formula is C20H32N6O5. The van der Waals surface area contributed by atoms with Crippen molar-refractivity contribution < 1.29 is 24.6 Å². The molecule has 0 radical (unpaired) electrons. The number of amides is 2. The smallest absolute Gasteiger partial charge is 0.326 e. The Morgan fingerprint density at radius 3 is 2.13 bits per heavy atom. The molecule has 31 heavy (non-hydrogen) atoms. The maximum atomic E-state index is 12.8. The van der Waals surface area contributed by atoms with Gasteiger partial charge >= 0.3 is 5.97 Å². The predicted octanol–water partition coefficient (Wildman–Crippen LogP) is -0.974. The molecule has 2 amide bonds. The summed E-state index contributed by atoms with van der Waals surface area (Å²) >= 11 is 0. The van der Waals surface area contributed by atoms with Gasteiger partial charge in [0.25, 0.3) is 0 Å². The minimum absolute atomic E-state index is 0.00152. The number of phenols is 1. The standard InChI is InChI=1S/C20H32N6O5/c1-11(2)16(21)18(29)25-14(4-3-9-24-20(22)23)17(28)26-15(19(30)31)10-12-5-7-13(27)8-6-12/h5-8,11,14-16,27H,3-4,9-10,21H2,1-2H3,(H,25,29)(H,26,28)(H,30,31)(H4,22,23,24). The second-order valence-corrected chi connectivity index (χ2v) is 7.55. The Morgan fingerprint density at radius 1 is 1.03 bits per heavy atom. The number of aromatic hydroxyl groups is 1. The highest BCUT2D eigenvalue weighted by molar-refractivity contribution is 5.91. The zero-order chi connectivity index (χ0) is 23.6. The Morgan fingerprint density at radius 2 is 1.61 bits per heavy atom. The molecule has 0 saturated heterocycles. The number of carboxylic acid groups (broad SMARTS) is 1. The van der Waals surface area contributed by atoms with E-state index in [9.17, 15) is 24.6 Å². The minimum Gasteiger partial charge on any atom is -0.508 e. The van der Waals surface area contributed by atoms with Gasteiger partial charge in [-0.15, -0.1) is 0 Å². The summed E-state index contributed by atoms with van der Waals surface area (Å²) in [6, 6.07) is 2.93. The topological polar surface area (TPSA) is 206 Å². The van der Waals surface area contributed by atoms with Crippen LogP contribution in [0.3, 0.4) is 0 Å². The molecule has 3 unspecified atom stereocenters. The molecule has 0 aromatic heterocycles. The number of rotatable bonds is 12. The highest BCUT2D eigenvalue weighted by Gasteiger charge is 2.28. The predicted molar refractivity (Wildman–Crippen MR) is 116 cm³/mol. The molecule has 1 rings (SSSR count). The van der Waals surface area contributed by atoms with Crippen molar-refractivity contribution >= 4 is 23.7 Å². The molecule has 0 aliphatic heterocycles. The van der Waals surface area contributed by atoms with Crippen molar-refractivity contribution in [3.05, 3.63) is 29.8 Å². The first-order valence-corrected chi connectivity index (χ1v) is 9.93. The fourth-order valence-corrected chi connectivity index (χ4v) is 2.68. The van der Waals surface area contributed by atoms with E-state index < -0.39 is 35.9 Å². The molecule has 11 nitrogen and oxygen atoms in total. The van der Waals surface area contributed by atoms with E-state index in [2.05, 4.69) is 15.6 Å². The number of nitrogens with one attached hydrogen (secondary N) is 2. The lowest BCUT2D eigenvalue weighted by Gasteiger charge is -2.24. The summed E-state index contributed by atoms with van der Waals surface area (Å²) in [4.78, 5) is 40.7. The quantitative estimate of drug-likeness (QED) is 0.123. The van der Waals surface area contributed by atoms with E-state index in [1.54, 1.807) is 26.0 Å². The first-order valence-electron chi connectivity index (χ1n) is 9.93. The lowest BCUT2D eigenvalue weighted by Crippen LogP contribution is -2.55. The van der Waals surface area contributed by atoms with Gasteiger partial charge in [0, 0.05) is 13.0 Å². The lowest BCUT2D eigenvalue weighted by atomic mass is 10.0. The van der Waals surface area contributed by atoms with Gasteiger partial charge in [-0.25, -0.2) is 4.79 Å². The van der Waals surface area contributed by atoms with Gasteiger partial charge in [-0.1, -0.05) is 26.0 Å². The van der Waals surface area contributed by atoms with Gasteiger partial charge in [0.2, 0.25) is 11.8 Å². The van der Waals surface area contributed by atoms with Gasteiger partial charge in [-0.3, -0.25) is 14.6 Å². The first kappa shape index (κ1) is 25.7. The molecule has 1 aromatic carbocycles. The summed E-state index contributed by atoms with van der Waals surface area (Å²) in [6.07, 6.45) is 0.565. The van der Waals surface area contributed by atoms with Gasteiger partial charge in [0.15, 0.2) is 5.96 Å². The van der Waals surface area contributed by atoms with Crippen molar-refractivity contribution in [1.82, 2.24) is 10.6 Å². The molecule has 11 heteroatoms. The Labute approximate surface area is 181 Å². The van der Waals surface area contributed by atoms with Gasteiger partial charge in [0.1, 0.15) is 17.8 Å². The Hall–Kier alpha value is -3.34. The monoisotopic (exact) mass is 436 g/mol. The molecule has 172 valence electrons. The summed E-state index contributed by atoms with van der Waals surface area (Å²) in [6.45, 7) is 3.79. The largest absolute Gasteiger partial charge is 0.508 e. The average Bonchev–Trinajstić information content (AvgIpc) is 2.69. The zero-order valence-electron chi connectivity index (χ0n) is 17.7. The molecule has 0 heterocycles. The number of phenolic OH excluding ortho intramolecular Hbond substituents is 1. The Kier molecular flexibility index (Phi) is 10.3. The zero-order valence-corrected chi connectivity index (χ0v) is 17.7. The lowest BCUT2D eigenvalue weighted by molar-refractivity contribution is -0.142.